The molecule has 24 heavy (non-hydrogen) atoms. The highest BCUT2D eigenvalue weighted by Gasteiger charge is 2.25. The van der Waals surface area contributed by atoms with Crippen LogP contribution in [0.3, 0.4) is 0 Å². The summed E-state index contributed by atoms with van der Waals surface area (Å²) in [7, 11) is -2.74. The van der Waals surface area contributed by atoms with Crippen LogP contribution in [0, 0.1) is 17.1 Å². The van der Waals surface area contributed by atoms with Crippen LogP contribution in [0.15, 0.2) is 53.4 Å². The highest BCUT2D eigenvalue weighted by Crippen LogP contribution is 2.18. The Labute approximate surface area is 139 Å². The fourth-order valence-corrected chi connectivity index (χ4v) is 3.24. The Kier molecular flexibility index (Phi) is 5.28. The van der Waals surface area contributed by atoms with E-state index in [1.54, 1.807) is 6.07 Å². The van der Waals surface area contributed by atoms with Gasteiger partial charge in [0.2, 0.25) is 15.9 Å². The van der Waals surface area contributed by atoms with Crippen molar-refractivity contribution in [2.45, 2.75) is 4.90 Å². The van der Waals surface area contributed by atoms with E-state index >= 15 is 0 Å². The van der Waals surface area contributed by atoms with Gasteiger partial charge in [-0.2, -0.15) is 9.57 Å². The van der Waals surface area contributed by atoms with Crippen LogP contribution < -0.4 is 5.32 Å². The second-order valence-corrected chi connectivity index (χ2v) is 6.94. The number of likely N-dealkylation sites (N-methyl/N-ethyl adjacent to an activating group) is 1. The molecule has 6 nitrogen and oxygen atoms in total. The lowest BCUT2D eigenvalue weighted by molar-refractivity contribution is -0.116. The zero-order chi connectivity index (χ0) is 17.7. The molecular formula is C16H14FN3O3S. The Morgan fingerprint density at radius 1 is 1.21 bits per heavy atom. The van der Waals surface area contributed by atoms with E-state index in [-0.39, 0.29) is 10.5 Å². The number of nitrogens with zero attached hydrogens (tertiary/aromatic N) is 2. The molecule has 124 valence electrons. The van der Waals surface area contributed by atoms with Crippen LogP contribution in [0.2, 0.25) is 0 Å². The van der Waals surface area contributed by atoms with E-state index in [1.807, 2.05) is 6.07 Å². The molecule has 0 spiro atoms. The molecule has 0 heterocycles. The standard InChI is InChI=1S/C16H14FN3O3S/c1-20(11-16(21)19-14-8-6-13(17)7-9-14)24(22,23)15-5-3-2-4-12(15)10-18/h2-9H,11H2,1H3,(H,19,21). The molecule has 0 radical (unpaired) electrons. The maximum atomic E-state index is 12.8. The number of halogens is 1. The van der Waals surface area contributed by atoms with Crippen LogP contribution in [0.25, 0.3) is 0 Å². The summed E-state index contributed by atoms with van der Waals surface area (Å²) in [5, 5.41) is 11.5. The molecule has 8 heteroatoms. The van der Waals surface area contributed by atoms with Crippen LogP contribution in [0.4, 0.5) is 10.1 Å². The van der Waals surface area contributed by atoms with Crippen molar-refractivity contribution in [3.05, 3.63) is 59.9 Å². The minimum absolute atomic E-state index is 0.00305. The van der Waals surface area contributed by atoms with Gasteiger partial charge in [0.05, 0.1) is 17.0 Å². The van der Waals surface area contributed by atoms with Crippen molar-refractivity contribution in [2.24, 2.45) is 0 Å². The Morgan fingerprint density at radius 3 is 2.46 bits per heavy atom. The second-order valence-electron chi connectivity index (χ2n) is 4.92. The summed E-state index contributed by atoms with van der Waals surface area (Å²) < 4.78 is 38.7. The zero-order valence-corrected chi connectivity index (χ0v) is 13.5. The first kappa shape index (κ1) is 17.6. The molecular weight excluding hydrogens is 333 g/mol. The Morgan fingerprint density at radius 2 is 1.83 bits per heavy atom. The summed E-state index contributed by atoms with van der Waals surface area (Å²) in [6.07, 6.45) is 0. The number of carbonyl (C=O) groups excluding carboxylic acids is 1. The molecule has 2 aromatic rings. The summed E-state index contributed by atoms with van der Waals surface area (Å²) in [6, 6.07) is 12.7. The quantitative estimate of drug-likeness (QED) is 0.895. The van der Waals surface area contributed by atoms with Gasteiger partial charge in [0, 0.05) is 12.7 Å². The maximum Gasteiger partial charge on any atom is 0.244 e. The van der Waals surface area contributed by atoms with Crippen LogP contribution in [-0.2, 0) is 14.8 Å². The van der Waals surface area contributed by atoms with Crippen molar-refractivity contribution in [2.75, 3.05) is 18.9 Å². The number of carbonyl (C=O) groups is 1. The number of nitriles is 1. The van der Waals surface area contributed by atoms with Crippen molar-refractivity contribution >= 4 is 21.6 Å². The Hall–Kier alpha value is -2.76. The van der Waals surface area contributed by atoms with Crippen molar-refractivity contribution in [1.29, 1.82) is 5.26 Å². The minimum Gasteiger partial charge on any atom is -0.325 e. The fourth-order valence-electron chi connectivity index (χ4n) is 1.97. The number of hydrogen-bond donors (Lipinski definition) is 1. The lowest BCUT2D eigenvalue weighted by Gasteiger charge is -2.17. The van der Waals surface area contributed by atoms with Gasteiger partial charge >= 0.3 is 0 Å². The van der Waals surface area contributed by atoms with Crippen LogP contribution in [0.5, 0.6) is 0 Å². The number of sulfonamides is 1. The molecule has 0 aromatic heterocycles. The molecule has 2 rings (SSSR count). The number of amides is 1. The first-order valence-electron chi connectivity index (χ1n) is 6.85. The maximum absolute atomic E-state index is 12.8. The predicted octanol–water partition coefficient (Wildman–Crippen LogP) is 1.96. The fraction of sp³-hybridized carbons (Fsp3) is 0.125. The molecule has 1 amide bonds. The summed E-state index contributed by atoms with van der Waals surface area (Å²) in [5.41, 5.74) is 0.355. The van der Waals surface area contributed by atoms with E-state index in [2.05, 4.69) is 5.32 Å². The van der Waals surface area contributed by atoms with Gasteiger partial charge in [-0.25, -0.2) is 12.8 Å². The molecule has 0 aliphatic rings. The first-order chi connectivity index (χ1) is 11.3. The van der Waals surface area contributed by atoms with Crippen molar-refractivity contribution in [3.63, 3.8) is 0 Å². The summed E-state index contributed by atoms with van der Waals surface area (Å²) >= 11 is 0. The minimum atomic E-state index is -3.99. The molecule has 1 N–H and O–H groups in total. The number of benzene rings is 2. The van der Waals surface area contributed by atoms with Gasteiger partial charge in [-0.1, -0.05) is 12.1 Å². The molecule has 0 fully saturated rings. The smallest absolute Gasteiger partial charge is 0.244 e. The van der Waals surface area contributed by atoms with Gasteiger partial charge in [0.1, 0.15) is 11.9 Å². The van der Waals surface area contributed by atoms with Crippen LogP contribution in [0.1, 0.15) is 5.56 Å². The normalized spacial score (nSPS) is 11.1. The largest absolute Gasteiger partial charge is 0.325 e. The van der Waals surface area contributed by atoms with Gasteiger partial charge in [-0.15, -0.1) is 0 Å². The Bertz CT molecular complexity index is 890. The van der Waals surface area contributed by atoms with Gasteiger partial charge in [0.15, 0.2) is 0 Å². The molecule has 0 aliphatic heterocycles. The number of anilines is 1. The van der Waals surface area contributed by atoms with Crippen LogP contribution in [-0.4, -0.2) is 32.2 Å². The number of rotatable bonds is 5. The molecule has 0 atom stereocenters. The highest BCUT2D eigenvalue weighted by molar-refractivity contribution is 7.89. The molecule has 2 aromatic carbocycles. The summed E-state index contributed by atoms with van der Waals surface area (Å²) in [4.78, 5) is 11.8. The third kappa shape index (κ3) is 3.95. The third-order valence-electron chi connectivity index (χ3n) is 3.19. The zero-order valence-electron chi connectivity index (χ0n) is 12.7. The van der Waals surface area contributed by atoms with Gasteiger partial charge in [0.25, 0.3) is 0 Å². The van der Waals surface area contributed by atoms with Gasteiger partial charge < -0.3 is 5.32 Å². The van der Waals surface area contributed by atoms with Crippen molar-refractivity contribution < 1.29 is 17.6 Å². The van der Waals surface area contributed by atoms with E-state index in [0.29, 0.717) is 5.69 Å². The van der Waals surface area contributed by atoms with E-state index in [4.69, 9.17) is 5.26 Å². The van der Waals surface area contributed by atoms with Crippen LogP contribution >= 0.6 is 0 Å². The average molecular weight is 347 g/mol. The predicted molar refractivity (Wildman–Crippen MR) is 86.0 cm³/mol. The SMILES string of the molecule is CN(CC(=O)Nc1ccc(F)cc1)S(=O)(=O)c1ccccc1C#N. The van der Waals surface area contributed by atoms with E-state index in [1.165, 1.54) is 49.5 Å². The molecule has 0 saturated carbocycles. The van der Waals surface area contributed by atoms with Crippen molar-refractivity contribution in [1.82, 2.24) is 4.31 Å². The number of nitrogens with one attached hydrogen (secondary N) is 1. The molecule has 0 bridgehead atoms. The lowest BCUT2D eigenvalue weighted by atomic mass is 10.2. The Balaban J connectivity index is 2.13. The summed E-state index contributed by atoms with van der Waals surface area (Å²) in [6.45, 7) is -0.445. The highest BCUT2D eigenvalue weighted by atomic mass is 32.2. The van der Waals surface area contributed by atoms with Gasteiger partial charge in [-0.3, -0.25) is 4.79 Å². The number of hydrogen-bond acceptors (Lipinski definition) is 4. The summed E-state index contributed by atoms with van der Waals surface area (Å²) in [5.74, 6) is -1.03. The molecule has 0 saturated heterocycles. The lowest BCUT2D eigenvalue weighted by Crippen LogP contribution is -2.35. The van der Waals surface area contributed by atoms with E-state index in [0.717, 1.165) is 4.31 Å². The van der Waals surface area contributed by atoms with E-state index in [9.17, 15) is 17.6 Å². The molecule has 0 unspecified atom stereocenters. The third-order valence-corrected chi connectivity index (χ3v) is 5.05. The molecule has 0 aliphatic carbocycles. The monoisotopic (exact) mass is 347 g/mol. The van der Waals surface area contributed by atoms with Crippen molar-refractivity contribution in [3.8, 4) is 6.07 Å². The van der Waals surface area contributed by atoms with E-state index < -0.39 is 28.3 Å². The average Bonchev–Trinajstić information content (AvgIpc) is 2.56. The topological polar surface area (TPSA) is 90.3 Å². The second kappa shape index (κ2) is 7.21. The first-order valence-corrected chi connectivity index (χ1v) is 8.29. The van der Waals surface area contributed by atoms with Gasteiger partial charge in [-0.05, 0) is 36.4 Å².